The Kier molecular flexibility index (Phi) is 9.34. The highest BCUT2D eigenvalue weighted by molar-refractivity contribution is 7.17. The van der Waals surface area contributed by atoms with Gasteiger partial charge in [-0.2, -0.15) is 5.10 Å². The molecule has 7 rings (SSSR count). The third-order valence-electron chi connectivity index (χ3n) is 8.51. The van der Waals surface area contributed by atoms with Crippen molar-refractivity contribution in [2.45, 2.75) is 32.6 Å². The van der Waals surface area contributed by atoms with Crippen LogP contribution in [0.4, 0.5) is 10.7 Å². The predicted molar refractivity (Wildman–Crippen MR) is 195 cm³/mol. The molecule has 6 aromatic rings. The Balaban J connectivity index is 1.16. The van der Waals surface area contributed by atoms with Crippen molar-refractivity contribution in [3.05, 3.63) is 117 Å². The minimum Gasteiger partial charge on any atom is -0.497 e. The second-order valence-corrected chi connectivity index (χ2v) is 13.4. The third kappa shape index (κ3) is 6.70. The van der Waals surface area contributed by atoms with Gasteiger partial charge in [0.25, 0.3) is 11.8 Å². The fourth-order valence-corrected chi connectivity index (χ4v) is 7.53. The van der Waals surface area contributed by atoms with Gasteiger partial charge in [0.2, 0.25) is 0 Å². The van der Waals surface area contributed by atoms with Crippen molar-refractivity contribution >= 4 is 62.4 Å². The zero-order valence-corrected chi connectivity index (χ0v) is 28.9. The lowest BCUT2D eigenvalue weighted by Gasteiger charge is -2.13. The number of aromatic nitrogens is 3. The van der Waals surface area contributed by atoms with Crippen LogP contribution in [0.5, 0.6) is 5.75 Å². The highest BCUT2D eigenvalue weighted by Crippen LogP contribution is 2.39. The van der Waals surface area contributed by atoms with E-state index in [1.54, 1.807) is 49.0 Å². The Morgan fingerprint density at radius 1 is 0.940 bits per heavy atom. The number of esters is 1. The van der Waals surface area contributed by atoms with Crippen LogP contribution in [0.15, 0.2) is 84.9 Å². The summed E-state index contributed by atoms with van der Waals surface area (Å²) in [4.78, 5) is 46.7. The molecule has 3 aromatic heterocycles. The number of carbonyl (C=O) groups is 3. The van der Waals surface area contributed by atoms with E-state index in [1.165, 1.54) is 11.3 Å². The number of thiophene rings is 1. The molecule has 3 aromatic carbocycles. The standard InChI is InChI=1S/C38H32ClN5O5S/c1-22-33-29(20-30(23-12-18-27(48-2)19-13-23)41-35(33)44(43-22)26-8-4-3-5-9-26)38(47)49-21-32(45)42-37-34(28-10-6-7-11-31(28)50-37)36(46)40-25-16-14-24(39)15-17-25/h3-5,8-9,12-20H,6-7,10-11,21H2,1-2H3,(H,40,46)(H,42,45). The second-order valence-electron chi connectivity index (χ2n) is 11.8. The van der Waals surface area contributed by atoms with Gasteiger partial charge in [-0.1, -0.05) is 29.8 Å². The average Bonchev–Trinajstić information content (AvgIpc) is 3.68. The van der Waals surface area contributed by atoms with E-state index in [9.17, 15) is 14.4 Å². The second kappa shape index (κ2) is 14.1. The van der Waals surface area contributed by atoms with E-state index >= 15 is 0 Å². The zero-order chi connectivity index (χ0) is 34.8. The maximum absolute atomic E-state index is 13.8. The first-order valence-corrected chi connectivity index (χ1v) is 17.3. The molecule has 0 saturated heterocycles. The van der Waals surface area contributed by atoms with Crippen LogP contribution in [0, 0.1) is 6.92 Å². The topological polar surface area (TPSA) is 124 Å². The van der Waals surface area contributed by atoms with Crippen molar-refractivity contribution in [2.75, 3.05) is 24.4 Å². The molecular weight excluding hydrogens is 674 g/mol. The number of benzene rings is 3. The predicted octanol–water partition coefficient (Wildman–Crippen LogP) is 8.05. The fraction of sp³-hybridized carbons (Fsp3) is 0.184. The zero-order valence-electron chi connectivity index (χ0n) is 27.3. The first-order valence-electron chi connectivity index (χ1n) is 16.1. The molecule has 0 aliphatic heterocycles. The molecule has 50 heavy (non-hydrogen) atoms. The summed E-state index contributed by atoms with van der Waals surface area (Å²) in [6, 6.07) is 25.3. The number of fused-ring (bicyclic) bond motifs is 2. The Morgan fingerprint density at radius 3 is 2.42 bits per heavy atom. The molecule has 0 unspecified atom stereocenters. The van der Waals surface area contributed by atoms with Crippen molar-refractivity contribution in [3.8, 4) is 22.7 Å². The number of methoxy groups -OCH3 is 1. The monoisotopic (exact) mass is 705 g/mol. The van der Waals surface area contributed by atoms with Crippen LogP contribution in [0.2, 0.25) is 5.02 Å². The number of aryl methyl sites for hydroxylation is 2. The van der Waals surface area contributed by atoms with E-state index < -0.39 is 18.5 Å². The Hall–Kier alpha value is -5.52. The summed E-state index contributed by atoms with van der Waals surface area (Å²) in [7, 11) is 1.59. The lowest BCUT2D eigenvalue weighted by molar-refractivity contribution is -0.119. The van der Waals surface area contributed by atoms with Gasteiger partial charge in [0, 0.05) is 21.2 Å². The summed E-state index contributed by atoms with van der Waals surface area (Å²) in [6.07, 6.45) is 3.53. The number of anilines is 2. The molecule has 0 spiro atoms. The number of para-hydroxylation sites is 1. The summed E-state index contributed by atoms with van der Waals surface area (Å²) < 4.78 is 12.6. The van der Waals surface area contributed by atoms with Crippen molar-refractivity contribution < 1.29 is 23.9 Å². The largest absolute Gasteiger partial charge is 0.497 e. The smallest absolute Gasteiger partial charge is 0.339 e. The lowest BCUT2D eigenvalue weighted by atomic mass is 9.95. The molecule has 252 valence electrons. The number of halogens is 1. The summed E-state index contributed by atoms with van der Waals surface area (Å²) >= 11 is 7.41. The van der Waals surface area contributed by atoms with Gasteiger partial charge < -0.3 is 20.1 Å². The van der Waals surface area contributed by atoms with Gasteiger partial charge in [-0.05, 0) is 105 Å². The quantitative estimate of drug-likeness (QED) is 0.146. The number of carbonyl (C=O) groups excluding carboxylic acids is 3. The Morgan fingerprint density at radius 2 is 1.68 bits per heavy atom. The molecule has 2 N–H and O–H groups in total. The number of hydrogen-bond acceptors (Lipinski definition) is 8. The molecule has 3 heterocycles. The molecule has 0 fully saturated rings. The minimum absolute atomic E-state index is 0.225. The first kappa shape index (κ1) is 33.0. The molecule has 1 aliphatic rings. The van der Waals surface area contributed by atoms with E-state index in [-0.39, 0.29) is 11.5 Å². The molecule has 0 bridgehead atoms. The average molecular weight is 706 g/mol. The van der Waals surface area contributed by atoms with Crippen molar-refractivity contribution in [3.63, 3.8) is 0 Å². The van der Waals surface area contributed by atoms with Gasteiger partial charge >= 0.3 is 5.97 Å². The molecule has 0 saturated carbocycles. The van der Waals surface area contributed by atoms with Gasteiger partial charge in [0.1, 0.15) is 10.8 Å². The number of hydrogen-bond donors (Lipinski definition) is 2. The van der Waals surface area contributed by atoms with Gasteiger partial charge in [-0.15, -0.1) is 11.3 Å². The highest BCUT2D eigenvalue weighted by atomic mass is 35.5. The van der Waals surface area contributed by atoms with Crippen LogP contribution in [0.3, 0.4) is 0 Å². The fourth-order valence-electron chi connectivity index (χ4n) is 6.10. The van der Waals surface area contributed by atoms with Crippen molar-refractivity contribution in [1.82, 2.24) is 14.8 Å². The van der Waals surface area contributed by atoms with E-state index in [4.69, 9.17) is 31.2 Å². The number of pyridine rings is 1. The highest BCUT2D eigenvalue weighted by Gasteiger charge is 2.28. The summed E-state index contributed by atoms with van der Waals surface area (Å²) in [6.45, 7) is 1.24. The molecule has 1 aliphatic carbocycles. The number of nitrogens with zero attached hydrogens (tertiary/aromatic N) is 3. The van der Waals surface area contributed by atoms with Crippen molar-refractivity contribution in [1.29, 1.82) is 0 Å². The van der Waals surface area contributed by atoms with E-state index in [0.717, 1.165) is 47.4 Å². The molecule has 2 amide bonds. The molecule has 0 atom stereocenters. The van der Waals surface area contributed by atoms with Gasteiger partial charge in [0.05, 0.1) is 40.7 Å². The van der Waals surface area contributed by atoms with Crippen LogP contribution >= 0.6 is 22.9 Å². The van der Waals surface area contributed by atoms with Crippen molar-refractivity contribution in [2.24, 2.45) is 0 Å². The lowest BCUT2D eigenvalue weighted by Crippen LogP contribution is -2.23. The van der Waals surface area contributed by atoms with Gasteiger partial charge in [-0.25, -0.2) is 14.5 Å². The van der Waals surface area contributed by atoms with Crippen LogP contribution < -0.4 is 15.4 Å². The van der Waals surface area contributed by atoms with Gasteiger partial charge in [0.15, 0.2) is 12.3 Å². The summed E-state index contributed by atoms with van der Waals surface area (Å²) in [5, 5.41) is 12.0. The normalized spacial score (nSPS) is 12.3. The Labute approximate surface area is 297 Å². The van der Waals surface area contributed by atoms with Crippen LogP contribution in [-0.2, 0) is 22.4 Å². The van der Waals surface area contributed by atoms with E-state index in [2.05, 4.69) is 10.6 Å². The molecule has 0 radical (unpaired) electrons. The van der Waals surface area contributed by atoms with E-state index in [0.29, 0.717) is 49.4 Å². The summed E-state index contributed by atoms with van der Waals surface area (Å²) in [5.41, 5.74) is 5.29. The number of ether oxygens (including phenoxy) is 2. The van der Waals surface area contributed by atoms with Crippen LogP contribution in [0.25, 0.3) is 28.0 Å². The van der Waals surface area contributed by atoms with Gasteiger partial charge in [-0.3, -0.25) is 9.59 Å². The summed E-state index contributed by atoms with van der Waals surface area (Å²) in [5.74, 6) is -0.905. The SMILES string of the molecule is COc1ccc(-c2cc(C(=O)OCC(=O)Nc3sc4c(c3C(=O)Nc3ccc(Cl)cc3)CCCC4)c3c(C)nn(-c4ccccc4)c3n2)cc1. The Bertz CT molecular complexity index is 2230. The van der Waals surface area contributed by atoms with E-state index in [1.807, 2.05) is 54.6 Å². The minimum atomic E-state index is -0.704. The number of amides is 2. The number of nitrogens with one attached hydrogen (secondary N) is 2. The molecular formula is C38H32ClN5O5S. The van der Waals surface area contributed by atoms with Crippen LogP contribution in [-0.4, -0.2) is 46.3 Å². The molecule has 10 nitrogen and oxygen atoms in total. The first-order chi connectivity index (χ1) is 24.3. The molecule has 12 heteroatoms. The third-order valence-corrected chi connectivity index (χ3v) is 9.97. The van der Waals surface area contributed by atoms with Crippen LogP contribution in [0.1, 0.15) is 49.7 Å². The number of rotatable bonds is 9. The maximum Gasteiger partial charge on any atom is 0.339 e. The maximum atomic E-state index is 13.8.